The number of anilines is 2. The van der Waals surface area contributed by atoms with Gasteiger partial charge in [0, 0.05) is 25.1 Å². The number of benzene rings is 2. The van der Waals surface area contributed by atoms with E-state index in [1.54, 1.807) is 6.92 Å². The molecule has 9 nitrogen and oxygen atoms in total. The second kappa shape index (κ2) is 9.79. The number of carbonyl (C=O) groups excluding carboxylic acids is 1. The maximum Gasteiger partial charge on any atom is 0.416 e. The zero-order valence-electron chi connectivity index (χ0n) is 17.9. The number of nitrogens with zero attached hydrogens (tertiary/aromatic N) is 1. The molecule has 0 bridgehead atoms. The Morgan fingerprint density at radius 3 is 2.59 bits per heavy atom. The van der Waals surface area contributed by atoms with Gasteiger partial charge < -0.3 is 15.2 Å². The molecule has 0 aliphatic carbocycles. The van der Waals surface area contributed by atoms with E-state index < -0.39 is 38.9 Å². The molecule has 2 aromatic rings. The predicted molar refractivity (Wildman–Crippen MR) is 116 cm³/mol. The lowest BCUT2D eigenvalue weighted by Gasteiger charge is -2.36. The molecule has 1 unspecified atom stereocenters. The molecule has 2 aromatic carbocycles. The summed E-state index contributed by atoms with van der Waals surface area (Å²) in [5, 5.41) is 13.7. The van der Waals surface area contributed by atoms with Crippen LogP contribution in [-0.4, -0.2) is 44.7 Å². The van der Waals surface area contributed by atoms with Crippen molar-refractivity contribution in [3.8, 4) is 5.75 Å². The first kappa shape index (κ1) is 25.1. The summed E-state index contributed by atoms with van der Waals surface area (Å²) < 4.78 is 73.1. The van der Waals surface area contributed by atoms with Crippen LogP contribution in [0, 0.1) is 0 Å². The summed E-state index contributed by atoms with van der Waals surface area (Å²) in [4.78, 5) is 21.9. The Balaban J connectivity index is 2.00. The molecular weight excluding hydrogens is 479 g/mol. The summed E-state index contributed by atoms with van der Waals surface area (Å²) in [6, 6.07) is 7.31. The average molecular weight is 501 g/mol. The quantitative estimate of drug-likeness (QED) is 0.532. The highest BCUT2D eigenvalue weighted by Gasteiger charge is 2.37. The van der Waals surface area contributed by atoms with Crippen molar-refractivity contribution >= 4 is 33.4 Å². The number of alkyl halides is 3. The first-order valence-electron chi connectivity index (χ1n) is 10.2. The SMILES string of the molecule is CCC(=O)NCCC1CN(S(=O)(=O)c2cccc(C(F)(F)F)c2)c2cc(NC(=O)O)ccc2O1. The number of amides is 2. The highest BCUT2D eigenvalue weighted by Crippen LogP contribution is 2.40. The van der Waals surface area contributed by atoms with Crippen LogP contribution in [0.3, 0.4) is 0 Å². The molecule has 3 N–H and O–H groups in total. The molecule has 1 aliphatic rings. The third kappa shape index (κ3) is 5.71. The van der Waals surface area contributed by atoms with Gasteiger partial charge in [-0.05, 0) is 36.4 Å². The first-order chi connectivity index (χ1) is 15.9. The molecule has 3 rings (SSSR count). The minimum Gasteiger partial charge on any atom is -0.486 e. The van der Waals surface area contributed by atoms with E-state index in [1.807, 2.05) is 0 Å². The summed E-state index contributed by atoms with van der Waals surface area (Å²) in [7, 11) is -4.49. The Hall–Kier alpha value is -3.48. The fraction of sp³-hybridized carbons (Fsp3) is 0.333. The Kier molecular flexibility index (Phi) is 7.24. The summed E-state index contributed by atoms with van der Waals surface area (Å²) in [6.45, 7) is 1.61. The van der Waals surface area contributed by atoms with Crippen LogP contribution < -0.4 is 19.7 Å². The fourth-order valence-electron chi connectivity index (χ4n) is 3.35. The number of hydrogen-bond acceptors (Lipinski definition) is 5. The van der Waals surface area contributed by atoms with Gasteiger partial charge in [-0.1, -0.05) is 13.0 Å². The van der Waals surface area contributed by atoms with E-state index in [-0.39, 0.29) is 49.0 Å². The number of carboxylic acid groups (broad SMARTS) is 1. The lowest BCUT2D eigenvalue weighted by Crippen LogP contribution is -2.44. The second-order valence-corrected chi connectivity index (χ2v) is 9.27. The van der Waals surface area contributed by atoms with Crippen molar-refractivity contribution in [1.29, 1.82) is 0 Å². The third-order valence-corrected chi connectivity index (χ3v) is 6.78. The number of halogens is 3. The van der Waals surface area contributed by atoms with E-state index in [0.29, 0.717) is 6.07 Å². The van der Waals surface area contributed by atoms with Gasteiger partial charge in [-0.15, -0.1) is 0 Å². The minimum atomic E-state index is -4.74. The van der Waals surface area contributed by atoms with Crippen molar-refractivity contribution < 1.29 is 41.0 Å². The van der Waals surface area contributed by atoms with E-state index in [1.165, 1.54) is 18.2 Å². The van der Waals surface area contributed by atoms with Crippen LogP contribution in [0.15, 0.2) is 47.4 Å². The number of carbonyl (C=O) groups is 2. The van der Waals surface area contributed by atoms with Crippen molar-refractivity contribution in [3.05, 3.63) is 48.0 Å². The predicted octanol–water partition coefficient (Wildman–Crippen LogP) is 3.67. The lowest BCUT2D eigenvalue weighted by atomic mass is 10.1. The number of ether oxygens (including phenoxy) is 1. The highest BCUT2D eigenvalue weighted by molar-refractivity contribution is 7.92. The molecule has 34 heavy (non-hydrogen) atoms. The monoisotopic (exact) mass is 501 g/mol. The standard InChI is InChI=1S/C21H22F3N3O6S/c1-2-19(28)25-9-8-15-12-27(17-11-14(26-20(29)30)6-7-18(17)33-15)34(31,32)16-5-3-4-13(10-16)21(22,23)24/h3-7,10-11,15,26H,2,8-9,12H2,1H3,(H,25,28)(H,29,30). The van der Waals surface area contributed by atoms with Gasteiger partial charge in [-0.3, -0.25) is 14.4 Å². The normalized spacial score (nSPS) is 15.8. The Labute approximate surface area is 193 Å². The van der Waals surface area contributed by atoms with E-state index in [0.717, 1.165) is 22.5 Å². The average Bonchev–Trinajstić information content (AvgIpc) is 2.77. The molecule has 0 radical (unpaired) electrons. The van der Waals surface area contributed by atoms with E-state index in [2.05, 4.69) is 10.6 Å². The van der Waals surface area contributed by atoms with Gasteiger partial charge in [-0.2, -0.15) is 13.2 Å². The van der Waals surface area contributed by atoms with Crippen LogP contribution in [-0.2, 0) is 21.0 Å². The molecule has 0 spiro atoms. The van der Waals surface area contributed by atoms with E-state index in [9.17, 15) is 31.2 Å². The van der Waals surface area contributed by atoms with Crippen LogP contribution in [0.5, 0.6) is 5.75 Å². The van der Waals surface area contributed by atoms with Crippen molar-refractivity contribution in [3.63, 3.8) is 0 Å². The van der Waals surface area contributed by atoms with Crippen molar-refractivity contribution in [2.75, 3.05) is 22.7 Å². The molecule has 1 heterocycles. The number of hydrogen-bond donors (Lipinski definition) is 3. The molecular formula is C21H22F3N3O6S. The van der Waals surface area contributed by atoms with Gasteiger partial charge >= 0.3 is 12.3 Å². The van der Waals surface area contributed by atoms with Crippen LogP contribution in [0.25, 0.3) is 0 Å². The van der Waals surface area contributed by atoms with E-state index >= 15 is 0 Å². The Bertz CT molecular complexity index is 1190. The molecule has 184 valence electrons. The van der Waals surface area contributed by atoms with Crippen LogP contribution >= 0.6 is 0 Å². The maximum atomic E-state index is 13.4. The van der Waals surface area contributed by atoms with E-state index in [4.69, 9.17) is 9.84 Å². The number of rotatable bonds is 7. The number of sulfonamides is 1. The fourth-order valence-corrected chi connectivity index (χ4v) is 4.89. The molecule has 1 aliphatic heterocycles. The summed E-state index contributed by atoms with van der Waals surface area (Å²) >= 11 is 0. The van der Waals surface area contributed by atoms with Crippen molar-refractivity contribution in [2.24, 2.45) is 0 Å². The van der Waals surface area contributed by atoms with Gasteiger partial charge in [0.25, 0.3) is 10.0 Å². The highest BCUT2D eigenvalue weighted by atomic mass is 32.2. The number of fused-ring (bicyclic) bond motifs is 1. The van der Waals surface area contributed by atoms with Crippen LogP contribution in [0.2, 0.25) is 0 Å². The molecule has 0 fully saturated rings. The van der Waals surface area contributed by atoms with Gasteiger partial charge in [0.05, 0.1) is 22.7 Å². The molecule has 0 saturated heterocycles. The van der Waals surface area contributed by atoms with Crippen molar-refractivity contribution in [2.45, 2.75) is 36.9 Å². The summed E-state index contributed by atoms with van der Waals surface area (Å²) in [5.74, 6) is -0.0985. The minimum absolute atomic E-state index is 0.0301. The van der Waals surface area contributed by atoms with Crippen LogP contribution in [0.4, 0.5) is 29.3 Å². The third-order valence-electron chi connectivity index (χ3n) is 5.00. The second-order valence-electron chi connectivity index (χ2n) is 7.41. The molecule has 13 heteroatoms. The Morgan fingerprint density at radius 2 is 1.94 bits per heavy atom. The van der Waals surface area contributed by atoms with Crippen molar-refractivity contribution in [1.82, 2.24) is 5.32 Å². The zero-order chi connectivity index (χ0) is 25.1. The molecule has 2 amide bonds. The molecule has 0 aromatic heterocycles. The van der Waals surface area contributed by atoms with Gasteiger partial charge in [0.15, 0.2) is 0 Å². The molecule has 0 saturated carbocycles. The lowest BCUT2D eigenvalue weighted by molar-refractivity contribution is -0.137. The molecule has 1 atom stereocenters. The smallest absolute Gasteiger partial charge is 0.416 e. The van der Waals surface area contributed by atoms with Gasteiger partial charge in [-0.25, -0.2) is 13.2 Å². The summed E-state index contributed by atoms with van der Waals surface area (Å²) in [6.07, 6.45) is -6.34. The van der Waals surface area contributed by atoms with Crippen LogP contribution in [0.1, 0.15) is 25.3 Å². The number of nitrogens with one attached hydrogen (secondary N) is 2. The zero-order valence-corrected chi connectivity index (χ0v) is 18.7. The van der Waals surface area contributed by atoms with Gasteiger partial charge in [0.2, 0.25) is 5.91 Å². The maximum absolute atomic E-state index is 13.4. The Morgan fingerprint density at radius 1 is 1.21 bits per heavy atom. The van der Waals surface area contributed by atoms with Gasteiger partial charge in [0.1, 0.15) is 11.9 Å². The first-order valence-corrected chi connectivity index (χ1v) is 11.6. The largest absolute Gasteiger partial charge is 0.486 e. The summed E-state index contributed by atoms with van der Waals surface area (Å²) in [5.41, 5.74) is -1.10. The topological polar surface area (TPSA) is 125 Å².